The first-order valence-corrected chi connectivity index (χ1v) is 12.2. The summed E-state index contributed by atoms with van der Waals surface area (Å²) in [6, 6.07) is 30.8. The molecule has 0 saturated carbocycles. The zero-order valence-electron chi connectivity index (χ0n) is 17.9. The van der Waals surface area contributed by atoms with Crippen molar-refractivity contribution in [1.82, 2.24) is 9.80 Å². The highest BCUT2D eigenvalue weighted by Crippen LogP contribution is 2.47. The fraction of sp³-hybridized carbons (Fsp3) is 0.222. The molecule has 4 aromatic rings. The zero-order chi connectivity index (χ0) is 21.4. The van der Waals surface area contributed by atoms with Gasteiger partial charge in [-0.1, -0.05) is 104 Å². The molecule has 0 bridgehead atoms. The highest BCUT2D eigenvalue weighted by Gasteiger charge is 2.39. The molecule has 0 aliphatic carbocycles. The molecule has 1 aliphatic rings. The van der Waals surface area contributed by atoms with Crippen molar-refractivity contribution in [1.29, 1.82) is 0 Å². The highest BCUT2D eigenvalue weighted by molar-refractivity contribution is 8.23. The van der Waals surface area contributed by atoms with E-state index in [0.717, 1.165) is 17.4 Å². The lowest BCUT2D eigenvalue weighted by Gasteiger charge is -2.48. The van der Waals surface area contributed by atoms with E-state index in [9.17, 15) is 0 Å². The summed E-state index contributed by atoms with van der Waals surface area (Å²) < 4.78 is 0.975. The van der Waals surface area contributed by atoms with E-state index >= 15 is 0 Å². The van der Waals surface area contributed by atoms with Gasteiger partial charge in [-0.15, -0.1) is 0 Å². The molecule has 4 aromatic carbocycles. The maximum absolute atomic E-state index is 5.94. The van der Waals surface area contributed by atoms with Crippen LogP contribution in [0.2, 0.25) is 0 Å². The van der Waals surface area contributed by atoms with Crippen molar-refractivity contribution in [2.24, 2.45) is 0 Å². The van der Waals surface area contributed by atoms with Gasteiger partial charge in [0.15, 0.2) is 0 Å². The fourth-order valence-corrected chi connectivity index (χ4v) is 6.38. The molecule has 0 radical (unpaired) electrons. The van der Waals surface area contributed by atoms with Gasteiger partial charge < -0.3 is 4.90 Å². The fourth-order valence-electron chi connectivity index (χ4n) is 4.64. The second kappa shape index (κ2) is 8.62. The monoisotopic (exact) mass is 442 g/mol. The Bertz CT molecular complexity index is 1250. The lowest BCUT2D eigenvalue weighted by atomic mass is 10.0. The molecule has 2 unspecified atom stereocenters. The summed E-state index contributed by atoms with van der Waals surface area (Å²) >= 11 is 7.73. The van der Waals surface area contributed by atoms with Crippen molar-refractivity contribution in [2.45, 2.75) is 25.4 Å². The van der Waals surface area contributed by atoms with E-state index in [-0.39, 0.29) is 11.5 Å². The van der Waals surface area contributed by atoms with Gasteiger partial charge in [0.1, 0.15) is 10.5 Å². The molecular weight excluding hydrogens is 416 g/mol. The van der Waals surface area contributed by atoms with E-state index in [1.54, 1.807) is 11.8 Å². The normalized spacial score (nSPS) is 19.9. The van der Waals surface area contributed by atoms with E-state index in [0.29, 0.717) is 0 Å². The van der Waals surface area contributed by atoms with E-state index < -0.39 is 0 Å². The summed E-state index contributed by atoms with van der Waals surface area (Å²) in [5.74, 6) is 0. The second-order valence-corrected chi connectivity index (χ2v) is 9.65. The van der Waals surface area contributed by atoms with Crippen LogP contribution in [0.4, 0.5) is 0 Å². The average Bonchev–Trinajstić information content (AvgIpc) is 2.82. The molecule has 1 saturated heterocycles. The minimum absolute atomic E-state index is 0.129. The summed E-state index contributed by atoms with van der Waals surface area (Å²) in [6.07, 6.45) is 0.129. The molecule has 0 aromatic heterocycles. The first kappa shape index (κ1) is 20.5. The summed E-state index contributed by atoms with van der Waals surface area (Å²) in [6.45, 7) is 6.29. The standard InChI is InChI=1S/C27H26N2S2/c1-3-28-25(23-15-13-19-9-5-7-11-21(19)17-23)29(4-2)27(30)31-26(28)24-16-14-20-10-6-8-12-22(20)18-24/h5-18,25-26H,3-4H2,1-2H3. The van der Waals surface area contributed by atoms with Crippen LogP contribution in [0, 0.1) is 0 Å². The maximum atomic E-state index is 5.94. The summed E-state index contributed by atoms with van der Waals surface area (Å²) in [7, 11) is 0. The first-order valence-electron chi connectivity index (χ1n) is 10.9. The Hall–Kier alpha value is -2.40. The molecule has 5 rings (SSSR count). The van der Waals surface area contributed by atoms with Gasteiger partial charge in [-0.05, 0) is 58.3 Å². The van der Waals surface area contributed by atoms with Crippen molar-refractivity contribution >= 4 is 49.8 Å². The van der Waals surface area contributed by atoms with E-state index in [2.05, 4.69) is 109 Å². The van der Waals surface area contributed by atoms with Crippen molar-refractivity contribution in [2.75, 3.05) is 13.1 Å². The molecule has 1 aliphatic heterocycles. The van der Waals surface area contributed by atoms with Crippen LogP contribution in [0.5, 0.6) is 0 Å². The van der Waals surface area contributed by atoms with Gasteiger partial charge in [0, 0.05) is 6.54 Å². The zero-order valence-corrected chi connectivity index (χ0v) is 19.5. The van der Waals surface area contributed by atoms with Gasteiger partial charge in [0.2, 0.25) is 0 Å². The Balaban J connectivity index is 1.61. The SMILES string of the molecule is CCN1C(=S)SC(c2ccc3ccccc3c2)N(CC)C1c1ccc2ccccc2c1. The number of thioether (sulfide) groups is 1. The molecule has 156 valence electrons. The van der Waals surface area contributed by atoms with Crippen LogP contribution >= 0.6 is 24.0 Å². The third kappa shape index (κ3) is 3.73. The highest BCUT2D eigenvalue weighted by atomic mass is 32.2. The molecule has 31 heavy (non-hydrogen) atoms. The van der Waals surface area contributed by atoms with E-state index in [1.807, 2.05) is 0 Å². The molecule has 0 spiro atoms. The minimum atomic E-state index is 0.129. The van der Waals surface area contributed by atoms with Crippen molar-refractivity contribution < 1.29 is 0 Å². The minimum Gasteiger partial charge on any atom is -0.338 e. The van der Waals surface area contributed by atoms with Gasteiger partial charge in [-0.2, -0.15) is 0 Å². The Morgan fingerprint density at radius 2 is 1.26 bits per heavy atom. The number of hydrogen-bond acceptors (Lipinski definition) is 3. The topological polar surface area (TPSA) is 6.48 Å². The van der Waals surface area contributed by atoms with Gasteiger partial charge in [-0.3, -0.25) is 4.90 Å². The predicted molar refractivity (Wildman–Crippen MR) is 138 cm³/mol. The number of fused-ring (bicyclic) bond motifs is 2. The van der Waals surface area contributed by atoms with Gasteiger partial charge in [0.05, 0.1) is 5.37 Å². The number of rotatable bonds is 4. The molecular formula is C27H26N2S2. The average molecular weight is 443 g/mol. The van der Waals surface area contributed by atoms with Gasteiger partial charge >= 0.3 is 0 Å². The lowest BCUT2D eigenvalue weighted by Crippen LogP contribution is -2.48. The molecule has 1 heterocycles. The van der Waals surface area contributed by atoms with Crippen LogP contribution in [0.3, 0.4) is 0 Å². The Labute approximate surface area is 193 Å². The number of hydrogen-bond donors (Lipinski definition) is 0. The quantitative estimate of drug-likeness (QED) is 0.304. The third-order valence-corrected chi connectivity index (χ3v) is 7.92. The van der Waals surface area contributed by atoms with Crippen molar-refractivity contribution in [3.05, 3.63) is 96.1 Å². The van der Waals surface area contributed by atoms with Crippen LogP contribution < -0.4 is 0 Å². The van der Waals surface area contributed by atoms with Gasteiger partial charge in [-0.25, -0.2) is 0 Å². The number of thiocarbonyl (C=S) groups is 1. The second-order valence-electron chi connectivity index (χ2n) is 7.94. The Kier molecular flexibility index (Phi) is 5.70. The first-order chi connectivity index (χ1) is 15.2. The van der Waals surface area contributed by atoms with Crippen molar-refractivity contribution in [3.8, 4) is 0 Å². The molecule has 2 atom stereocenters. The maximum Gasteiger partial charge on any atom is 0.139 e. The number of benzene rings is 4. The summed E-state index contributed by atoms with van der Waals surface area (Å²) in [4.78, 5) is 4.95. The van der Waals surface area contributed by atoms with Crippen LogP contribution in [0.15, 0.2) is 84.9 Å². The summed E-state index contributed by atoms with van der Waals surface area (Å²) in [5.41, 5.74) is 2.62. The largest absolute Gasteiger partial charge is 0.338 e. The van der Waals surface area contributed by atoms with E-state index in [1.165, 1.54) is 32.7 Å². The van der Waals surface area contributed by atoms with Crippen LogP contribution in [0.25, 0.3) is 21.5 Å². The number of nitrogens with zero attached hydrogens (tertiary/aromatic N) is 2. The lowest BCUT2D eigenvalue weighted by molar-refractivity contribution is 0.0853. The van der Waals surface area contributed by atoms with Crippen LogP contribution in [-0.2, 0) is 0 Å². The van der Waals surface area contributed by atoms with Crippen LogP contribution in [-0.4, -0.2) is 27.2 Å². The van der Waals surface area contributed by atoms with Gasteiger partial charge in [0.25, 0.3) is 0 Å². The predicted octanol–water partition coefficient (Wildman–Crippen LogP) is 7.37. The Morgan fingerprint density at radius 3 is 1.84 bits per heavy atom. The van der Waals surface area contributed by atoms with E-state index in [4.69, 9.17) is 12.2 Å². The molecule has 1 fully saturated rings. The Morgan fingerprint density at radius 1 is 0.710 bits per heavy atom. The van der Waals surface area contributed by atoms with Crippen molar-refractivity contribution in [3.63, 3.8) is 0 Å². The smallest absolute Gasteiger partial charge is 0.139 e. The third-order valence-electron chi connectivity index (χ3n) is 6.19. The van der Waals surface area contributed by atoms with Crippen LogP contribution in [0.1, 0.15) is 36.5 Å². The summed E-state index contributed by atoms with van der Waals surface area (Å²) in [5, 5.41) is 5.30. The molecule has 0 N–H and O–H groups in total. The molecule has 0 amide bonds. The molecule has 2 nitrogen and oxygen atoms in total. The molecule has 4 heteroatoms.